The fourth-order valence-electron chi connectivity index (χ4n) is 4.84. The van der Waals surface area contributed by atoms with E-state index < -0.39 is 5.82 Å². The van der Waals surface area contributed by atoms with Gasteiger partial charge < -0.3 is 9.80 Å². The zero-order valence-electron chi connectivity index (χ0n) is 19.8. The molecule has 3 aromatic rings. The smallest absolute Gasteiger partial charge is 0.261 e. The second-order valence-corrected chi connectivity index (χ2v) is 8.87. The number of nitrogens with zero attached hydrogens (tertiary/aromatic N) is 2. The van der Waals surface area contributed by atoms with Gasteiger partial charge in [0, 0.05) is 23.8 Å². The fourth-order valence-corrected chi connectivity index (χ4v) is 4.84. The van der Waals surface area contributed by atoms with Crippen molar-refractivity contribution in [2.45, 2.75) is 58.0 Å². The van der Waals surface area contributed by atoms with Crippen molar-refractivity contribution in [3.8, 4) is 0 Å². The molecule has 5 heteroatoms. The number of carbonyl (C=O) groups excluding carboxylic acids is 2. The quantitative estimate of drug-likeness (QED) is 0.361. The van der Waals surface area contributed by atoms with E-state index in [0.717, 1.165) is 30.5 Å². The molecule has 1 aliphatic heterocycles. The highest BCUT2D eigenvalue weighted by molar-refractivity contribution is 6.07. The molecule has 1 aliphatic rings. The van der Waals surface area contributed by atoms with Crippen LogP contribution in [-0.4, -0.2) is 17.9 Å². The molecule has 0 fully saturated rings. The van der Waals surface area contributed by atoms with Crippen LogP contribution in [0.1, 0.15) is 67.9 Å². The van der Waals surface area contributed by atoms with Crippen LogP contribution < -0.4 is 9.80 Å². The molecule has 0 saturated carbocycles. The first-order valence-electron chi connectivity index (χ1n) is 12.1. The summed E-state index contributed by atoms with van der Waals surface area (Å²) in [6, 6.07) is 22.8. The number of hydrogen-bond acceptors (Lipinski definition) is 2. The first kappa shape index (κ1) is 23.7. The number of anilines is 2. The standard InChI is InChI=1S/C29H31FN2O2/c1-3-4-6-19-28(33)31-21(2)20-27(24-16-10-12-18-26(24)31)32(22-13-7-5-8-14-22)29(34)23-15-9-11-17-25(23)30/h5,7-18,21,27H,3-4,6,19-20H2,1-2H3/t21-,27-/m1/s1. The first-order valence-corrected chi connectivity index (χ1v) is 12.1. The summed E-state index contributed by atoms with van der Waals surface area (Å²) >= 11 is 0. The summed E-state index contributed by atoms with van der Waals surface area (Å²) in [5.74, 6) is -0.823. The summed E-state index contributed by atoms with van der Waals surface area (Å²) in [5, 5.41) is 0. The Hall–Kier alpha value is -3.47. The van der Waals surface area contributed by atoms with Crippen molar-refractivity contribution >= 4 is 23.2 Å². The molecular formula is C29H31FN2O2. The van der Waals surface area contributed by atoms with Gasteiger partial charge in [-0.15, -0.1) is 0 Å². The minimum Gasteiger partial charge on any atom is -0.309 e. The molecule has 0 unspecified atom stereocenters. The minimum atomic E-state index is -0.543. The van der Waals surface area contributed by atoms with Crippen LogP contribution in [0.15, 0.2) is 78.9 Å². The number of fused-ring (bicyclic) bond motifs is 1. The first-order chi connectivity index (χ1) is 16.5. The lowest BCUT2D eigenvalue weighted by atomic mass is 9.89. The Morgan fingerprint density at radius 2 is 1.62 bits per heavy atom. The summed E-state index contributed by atoms with van der Waals surface area (Å²) in [6.07, 6.45) is 4.02. The summed E-state index contributed by atoms with van der Waals surface area (Å²) in [4.78, 5) is 30.5. The number of benzene rings is 3. The second-order valence-electron chi connectivity index (χ2n) is 8.87. The highest BCUT2D eigenvalue weighted by atomic mass is 19.1. The number of para-hydroxylation sites is 2. The largest absolute Gasteiger partial charge is 0.309 e. The molecule has 176 valence electrons. The maximum atomic E-state index is 14.7. The van der Waals surface area contributed by atoms with Gasteiger partial charge in [-0.2, -0.15) is 0 Å². The van der Waals surface area contributed by atoms with Crippen molar-refractivity contribution in [3.05, 3.63) is 95.8 Å². The molecule has 2 atom stereocenters. The lowest BCUT2D eigenvalue weighted by Gasteiger charge is -2.43. The molecule has 0 bridgehead atoms. The van der Waals surface area contributed by atoms with E-state index in [0.29, 0.717) is 18.5 Å². The van der Waals surface area contributed by atoms with Gasteiger partial charge in [-0.1, -0.05) is 68.3 Å². The molecular weight excluding hydrogens is 427 g/mol. The number of amides is 2. The van der Waals surface area contributed by atoms with Crippen molar-refractivity contribution in [1.82, 2.24) is 0 Å². The van der Waals surface area contributed by atoms with E-state index in [1.54, 1.807) is 17.0 Å². The predicted octanol–water partition coefficient (Wildman–Crippen LogP) is 6.92. The van der Waals surface area contributed by atoms with Gasteiger partial charge in [0.25, 0.3) is 5.91 Å². The Morgan fingerprint density at radius 3 is 2.35 bits per heavy atom. The maximum absolute atomic E-state index is 14.7. The average molecular weight is 459 g/mol. The topological polar surface area (TPSA) is 40.6 Å². The number of carbonyl (C=O) groups is 2. The van der Waals surface area contributed by atoms with E-state index in [4.69, 9.17) is 0 Å². The van der Waals surface area contributed by atoms with Crippen LogP contribution in [0.3, 0.4) is 0 Å². The third-order valence-electron chi connectivity index (χ3n) is 6.49. The van der Waals surface area contributed by atoms with E-state index in [1.165, 1.54) is 12.1 Å². The molecule has 34 heavy (non-hydrogen) atoms. The van der Waals surface area contributed by atoms with E-state index >= 15 is 0 Å². The van der Waals surface area contributed by atoms with E-state index in [1.807, 2.05) is 66.4 Å². The molecule has 0 aliphatic carbocycles. The van der Waals surface area contributed by atoms with Gasteiger partial charge in [0.15, 0.2) is 0 Å². The maximum Gasteiger partial charge on any atom is 0.261 e. The normalized spacial score (nSPS) is 17.2. The average Bonchev–Trinajstić information content (AvgIpc) is 2.85. The Morgan fingerprint density at radius 1 is 0.941 bits per heavy atom. The van der Waals surface area contributed by atoms with E-state index in [2.05, 4.69) is 6.92 Å². The zero-order chi connectivity index (χ0) is 24.1. The summed E-state index contributed by atoms with van der Waals surface area (Å²) in [5.41, 5.74) is 2.47. The third kappa shape index (κ3) is 4.74. The lowest BCUT2D eigenvalue weighted by Crippen LogP contribution is -2.47. The van der Waals surface area contributed by atoms with Crippen molar-refractivity contribution < 1.29 is 14.0 Å². The number of hydrogen-bond donors (Lipinski definition) is 0. The SMILES string of the molecule is CCCCCC(=O)N1c2ccccc2[C@H](N(C(=O)c2ccccc2F)c2ccccc2)C[C@H]1C. The van der Waals surface area contributed by atoms with Gasteiger partial charge in [-0.05, 0) is 55.7 Å². The number of halogens is 1. The van der Waals surface area contributed by atoms with Crippen LogP contribution in [-0.2, 0) is 4.79 Å². The molecule has 1 heterocycles. The van der Waals surface area contributed by atoms with Crippen LogP contribution in [0.5, 0.6) is 0 Å². The molecule has 0 saturated heterocycles. The Kier molecular flexibility index (Phi) is 7.41. The van der Waals surface area contributed by atoms with Gasteiger partial charge in [0.2, 0.25) is 5.91 Å². The van der Waals surface area contributed by atoms with Gasteiger partial charge in [-0.25, -0.2) is 4.39 Å². The van der Waals surface area contributed by atoms with Crippen LogP contribution in [0.4, 0.5) is 15.8 Å². The molecule has 0 N–H and O–H groups in total. The lowest BCUT2D eigenvalue weighted by molar-refractivity contribution is -0.119. The number of unbranched alkanes of at least 4 members (excludes halogenated alkanes) is 2. The molecule has 0 aromatic heterocycles. The highest BCUT2D eigenvalue weighted by Gasteiger charge is 2.39. The highest BCUT2D eigenvalue weighted by Crippen LogP contribution is 2.43. The van der Waals surface area contributed by atoms with Gasteiger partial charge in [0.05, 0.1) is 11.6 Å². The molecule has 2 amide bonds. The van der Waals surface area contributed by atoms with Crippen molar-refractivity contribution in [1.29, 1.82) is 0 Å². The summed E-state index contributed by atoms with van der Waals surface area (Å²) in [6.45, 7) is 4.15. The zero-order valence-corrected chi connectivity index (χ0v) is 19.8. The molecule has 4 nitrogen and oxygen atoms in total. The predicted molar refractivity (Wildman–Crippen MR) is 135 cm³/mol. The summed E-state index contributed by atoms with van der Waals surface area (Å²) < 4.78 is 14.7. The fraction of sp³-hybridized carbons (Fsp3) is 0.310. The Bertz CT molecular complexity index is 1150. The van der Waals surface area contributed by atoms with Crippen molar-refractivity contribution in [3.63, 3.8) is 0 Å². The number of rotatable bonds is 7. The van der Waals surface area contributed by atoms with Crippen LogP contribution in [0, 0.1) is 5.82 Å². The molecule has 3 aromatic carbocycles. The van der Waals surface area contributed by atoms with E-state index in [9.17, 15) is 14.0 Å². The minimum absolute atomic E-state index is 0.0366. The molecule has 4 rings (SSSR count). The Labute approximate surface area is 201 Å². The molecule has 0 spiro atoms. The van der Waals surface area contributed by atoms with Crippen LogP contribution >= 0.6 is 0 Å². The van der Waals surface area contributed by atoms with E-state index in [-0.39, 0.29) is 29.5 Å². The van der Waals surface area contributed by atoms with Crippen LogP contribution in [0.2, 0.25) is 0 Å². The second kappa shape index (κ2) is 10.6. The molecule has 0 radical (unpaired) electrons. The van der Waals surface area contributed by atoms with Crippen LogP contribution in [0.25, 0.3) is 0 Å². The summed E-state index contributed by atoms with van der Waals surface area (Å²) in [7, 11) is 0. The van der Waals surface area contributed by atoms with Gasteiger partial charge in [-0.3, -0.25) is 9.59 Å². The monoisotopic (exact) mass is 458 g/mol. The Balaban J connectivity index is 1.77. The van der Waals surface area contributed by atoms with Gasteiger partial charge in [0.1, 0.15) is 5.82 Å². The van der Waals surface area contributed by atoms with Crippen molar-refractivity contribution in [2.75, 3.05) is 9.80 Å². The third-order valence-corrected chi connectivity index (χ3v) is 6.49. The van der Waals surface area contributed by atoms with Crippen molar-refractivity contribution in [2.24, 2.45) is 0 Å². The van der Waals surface area contributed by atoms with Gasteiger partial charge >= 0.3 is 0 Å².